The number of hydrogen-bond donors (Lipinski definition) is 2. The second-order valence-corrected chi connectivity index (χ2v) is 8.24. The van der Waals surface area contributed by atoms with Gasteiger partial charge >= 0.3 is 0 Å². The Kier molecular flexibility index (Phi) is 5.31. The van der Waals surface area contributed by atoms with Crippen molar-refractivity contribution in [1.29, 1.82) is 0 Å². The molecule has 0 atom stereocenters. The van der Waals surface area contributed by atoms with Crippen molar-refractivity contribution >= 4 is 33.2 Å². The summed E-state index contributed by atoms with van der Waals surface area (Å²) in [5, 5.41) is 30.4. The topological polar surface area (TPSA) is 109 Å². The van der Waals surface area contributed by atoms with E-state index < -0.39 is 0 Å². The van der Waals surface area contributed by atoms with E-state index in [1.165, 1.54) is 6.07 Å². The molecule has 0 radical (unpaired) electrons. The van der Waals surface area contributed by atoms with Crippen LogP contribution in [0.4, 0.5) is 11.4 Å². The first-order valence-corrected chi connectivity index (χ1v) is 11.3. The Hall–Kier alpha value is -5.11. The first-order chi connectivity index (χ1) is 17.7. The van der Waals surface area contributed by atoms with E-state index in [-0.39, 0.29) is 11.5 Å². The Balaban J connectivity index is 1.44. The summed E-state index contributed by atoms with van der Waals surface area (Å²) >= 11 is 0. The molecule has 0 aliphatic heterocycles. The van der Waals surface area contributed by atoms with Gasteiger partial charge in [-0.3, -0.25) is 9.97 Å². The van der Waals surface area contributed by atoms with Crippen molar-refractivity contribution in [3.05, 3.63) is 103 Å². The van der Waals surface area contributed by atoms with Crippen molar-refractivity contribution in [2.75, 3.05) is 0 Å². The quantitative estimate of drug-likeness (QED) is 0.278. The number of benzene rings is 3. The first-order valence-electron chi connectivity index (χ1n) is 11.3. The minimum Gasteiger partial charge on any atom is -0.507 e. The van der Waals surface area contributed by atoms with Gasteiger partial charge in [0.1, 0.15) is 22.9 Å². The number of fused-ring (bicyclic) bond motifs is 2. The van der Waals surface area contributed by atoms with Gasteiger partial charge in [0, 0.05) is 29.2 Å². The maximum absolute atomic E-state index is 10.4. The Labute approximate surface area is 205 Å². The number of phenols is 2. The fourth-order valence-electron chi connectivity index (χ4n) is 4.22. The monoisotopic (exact) mass is 472 g/mol. The molecule has 3 heterocycles. The highest BCUT2D eigenvalue weighted by atomic mass is 16.3. The molecule has 0 aliphatic rings. The Morgan fingerprint density at radius 2 is 1.50 bits per heavy atom. The van der Waals surface area contributed by atoms with Gasteiger partial charge in [-0.25, -0.2) is 4.98 Å². The summed E-state index contributed by atoms with van der Waals surface area (Å²) in [6.07, 6.45) is 3.52. The molecule has 8 heteroatoms. The molecule has 6 rings (SSSR count). The number of aromatic hydroxyl groups is 2. The van der Waals surface area contributed by atoms with Crippen LogP contribution in [0.1, 0.15) is 5.69 Å². The minimum atomic E-state index is -0.145. The average molecular weight is 473 g/mol. The highest BCUT2D eigenvalue weighted by Gasteiger charge is 2.15. The second-order valence-electron chi connectivity index (χ2n) is 8.24. The van der Waals surface area contributed by atoms with Crippen molar-refractivity contribution < 1.29 is 10.2 Å². The normalized spacial score (nSPS) is 11.6. The molecule has 0 saturated carbocycles. The molecular weight excluding hydrogens is 452 g/mol. The largest absolute Gasteiger partial charge is 0.507 e. The maximum Gasteiger partial charge on any atom is 0.160 e. The van der Waals surface area contributed by atoms with Crippen LogP contribution < -0.4 is 0 Å². The molecule has 0 fully saturated rings. The summed E-state index contributed by atoms with van der Waals surface area (Å²) in [7, 11) is 0. The molecule has 0 spiro atoms. The minimum absolute atomic E-state index is 0.0102. The van der Waals surface area contributed by atoms with Crippen molar-refractivity contribution in [2.45, 2.75) is 6.54 Å². The number of azo groups is 1. The third-order valence-electron chi connectivity index (χ3n) is 5.91. The zero-order chi connectivity index (χ0) is 24.5. The summed E-state index contributed by atoms with van der Waals surface area (Å²) in [4.78, 5) is 13.8. The van der Waals surface area contributed by atoms with Crippen molar-refractivity contribution in [2.24, 2.45) is 10.2 Å². The van der Waals surface area contributed by atoms with Gasteiger partial charge < -0.3 is 14.8 Å². The van der Waals surface area contributed by atoms with Gasteiger partial charge in [0.15, 0.2) is 5.82 Å². The molecular formula is C28H20N6O2. The zero-order valence-corrected chi connectivity index (χ0v) is 19.0. The first kappa shape index (κ1) is 21.4. The van der Waals surface area contributed by atoms with Gasteiger partial charge in [0.25, 0.3) is 0 Å². The van der Waals surface area contributed by atoms with E-state index in [1.807, 2.05) is 66.7 Å². The molecule has 8 nitrogen and oxygen atoms in total. The second kappa shape index (κ2) is 8.92. The Morgan fingerprint density at radius 3 is 2.28 bits per heavy atom. The lowest BCUT2D eigenvalue weighted by molar-refractivity contribution is 0.456. The van der Waals surface area contributed by atoms with Crippen molar-refractivity contribution in [1.82, 2.24) is 19.5 Å². The van der Waals surface area contributed by atoms with E-state index in [0.717, 1.165) is 28.2 Å². The van der Waals surface area contributed by atoms with Crippen LogP contribution >= 0.6 is 0 Å². The SMILES string of the molecule is Oc1cc(O)c2ccccc2c1N=Nc1ccc2c(c1)nc(-c1ccccn1)n2Cc1ccccn1. The van der Waals surface area contributed by atoms with E-state index in [4.69, 9.17) is 4.98 Å². The number of hydrogen-bond acceptors (Lipinski definition) is 7. The fraction of sp³-hybridized carbons (Fsp3) is 0.0357. The average Bonchev–Trinajstić information content (AvgIpc) is 3.27. The van der Waals surface area contributed by atoms with Gasteiger partial charge in [-0.05, 0) is 42.5 Å². The predicted molar refractivity (Wildman–Crippen MR) is 138 cm³/mol. The van der Waals surface area contributed by atoms with Crippen LogP contribution in [0.5, 0.6) is 11.5 Å². The van der Waals surface area contributed by atoms with E-state index in [2.05, 4.69) is 24.8 Å². The maximum atomic E-state index is 10.4. The summed E-state index contributed by atoms with van der Waals surface area (Å²) in [5.74, 6) is 0.574. The predicted octanol–water partition coefficient (Wildman–Crippen LogP) is 6.52. The highest BCUT2D eigenvalue weighted by Crippen LogP contribution is 2.41. The highest BCUT2D eigenvalue weighted by molar-refractivity contribution is 5.99. The van der Waals surface area contributed by atoms with E-state index >= 15 is 0 Å². The number of aromatic nitrogens is 4. The van der Waals surface area contributed by atoms with Gasteiger partial charge in [-0.2, -0.15) is 5.11 Å². The third kappa shape index (κ3) is 3.90. The number of rotatable bonds is 5. The van der Waals surface area contributed by atoms with E-state index in [1.54, 1.807) is 24.5 Å². The van der Waals surface area contributed by atoms with Crippen LogP contribution in [0, 0.1) is 0 Å². The van der Waals surface area contributed by atoms with Gasteiger partial charge in [0.2, 0.25) is 0 Å². The molecule has 36 heavy (non-hydrogen) atoms. The van der Waals surface area contributed by atoms with E-state index in [9.17, 15) is 10.2 Å². The van der Waals surface area contributed by atoms with Crippen molar-refractivity contribution in [3.8, 4) is 23.0 Å². The number of phenolic OH excluding ortho intramolecular Hbond substituents is 2. The lowest BCUT2D eigenvalue weighted by atomic mass is 10.1. The van der Waals surface area contributed by atoms with Gasteiger partial charge in [-0.1, -0.05) is 36.4 Å². The molecule has 2 N–H and O–H groups in total. The van der Waals surface area contributed by atoms with E-state index in [0.29, 0.717) is 28.7 Å². The molecule has 6 aromatic rings. The van der Waals surface area contributed by atoms with Crippen LogP contribution in [0.3, 0.4) is 0 Å². The standard InChI is InChI=1S/C28H20N6O2/c35-25-16-26(36)27(21-9-2-1-8-20(21)25)33-32-18-11-12-24-23(15-18)31-28(22-10-4-6-14-30-22)34(24)17-19-7-3-5-13-29-19/h1-16,35-36H,17H2. The van der Waals surface area contributed by atoms with Crippen molar-refractivity contribution in [3.63, 3.8) is 0 Å². The molecule has 0 amide bonds. The molecule has 0 aliphatic carbocycles. The molecule has 3 aromatic carbocycles. The van der Waals surface area contributed by atoms with Crippen LogP contribution in [0.15, 0.2) is 108 Å². The number of pyridine rings is 2. The Bertz CT molecular complexity index is 1730. The van der Waals surface area contributed by atoms with Crippen LogP contribution in [-0.4, -0.2) is 29.7 Å². The molecule has 0 saturated heterocycles. The van der Waals surface area contributed by atoms with Crippen LogP contribution in [-0.2, 0) is 6.54 Å². The Morgan fingerprint density at radius 1 is 0.722 bits per heavy atom. The molecule has 3 aromatic heterocycles. The smallest absolute Gasteiger partial charge is 0.160 e. The summed E-state index contributed by atoms with van der Waals surface area (Å²) in [6, 6.07) is 25.7. The molecule has 174 valence electrons. The third-order valence-corrected chi connectivity index (χ3v) is 5.91. The van der Waals surface area contributed by atoms with Gasteiger partial charge in [-0.15, -0.1) is 5.11 Å². The summed E-state index contributed by atoms with van der Waals surface area (Å²) < 4.78 is 2.08. The fourth-order valence-corrected chi connectivity index (χ4v) is 4.22. The summed E-state index contributed by atoms with van der Waals surface area (Å²) in [5.41, 5.74) is 4.19. The van der Waals surface area contributed by atoms with Crippen LogP contribution in [0.25, 0.3) is 33.3 Å². The lowest BCUT2D eigenvalue weighted by Crippen LogP contribution is -2.04. The number of nitrogens with zero attached hydrogens (tertiary/aromatic N) is 6. The lowest BCUT2D eigenvalue weighted by Gasteiger charge is -2.08. The van der Waals surface area contributed by atoms with Gasteiger partial charge in [0.05, 0.1) is 29.0 Å². The van der Waals surface area contributed by atoms with Crippen LogP contribution in [0.2, 0.25) is 0 Å². The summed E-state index contributed by atoms with van der Waals surface area (Å²) in [6.45, 7) is 0.539. The number of imidazole rings is 1. The molecule has 0 unspecified atom stereocenters. The zero-order valence-electron chi connectivity index (χ0n) is 19.0. The molecule has 0 bridgehead atoms.